The Hall–Kier alpha value is -1.75. The number of hydrogen-bond acceptors (Lipinski definition) is 5. The Labute approximate surface area is 125 Å². The van der Waals surface area contributed by atoms with Crippen LogP contribution in [0.5, 0.6) is 0 Å². The summed E-state index contributed by atoms with van der Waals surface area (Å²) in [6, 6.07) is 3.99. The number of rotatable bonds is 4. The van der Waals surface area contributed by atoms with Crippen molar-refractivity contribution in [3.05, 3.63) is 29.4 Å². The van der Waals surface area contributed by atoms with Gasteiger partial charge in [-0.05, 0) is 51.8 Å². The third kappa shape index (κ3) is 2.70. The van der Waals surface area contributed by atoms with Crippen LogP contribution < -0.4 is 5.32 Å². The molecule has 0 radical (unpaired) electrons. The van der Waals surface area contributed by atoms with Crippen LogP contribution in [0.2, 0.25) is 0 Å². The molecule has 0 aliphatic carbocycles. The largest absolute Gasteiger partial charge is 0.337 e. The van der Waals surface area contributed by atoms with Crippen molar-refractivity contribution in [3.63, 3.8) is 0 Å². The van der Waals surface area contributed by atoms with E-state index in [1.165, 1.54) is 0 Å². The number of nitrogens with one attached hydrogen (secondary N) is 1. The van der Waals surface area contributed by atoms with Crippen LogP contribution in [0.4, 0.5) is 0 Å². The molecule has 3 heterocycles. The fourth-order valence-electron chi connectivity index (χ4n) is 3.23. The van der Waals surface area contributed by atoms with Crippen molar-refractivity contribution in [2.45, 2.75) is 52.0 Å². The smallest absolute Gasteiger partial charge is 0.247 e. The quantitative estimate of drug-likeness (QED) is 0.935. The SMILES string of the molecule is CCCC1(c2nc(-c3cc(C)nc(C)c3)no2)CCCN1. The van der Waals surface area contributed by atoms with Gasteiger partial charge >= 0.3 is 0 Å². The highest BCUT2D eigenvalue weighted by atomic mass is 16.5. The van der Waals surface area contributed by atoms with E-state index >= 15 is 0 Å². The maximum absolute atomic E-state index is 5.59. The fraction of sp³-hybridized carbons (Fsp3) is 0.562. The lowest BCUT2D eigenvalue weighted by molar-refractivity contribution is 0.241. The molecule has 0 amide bonds. The van der Waals surface area contributed by atoms with E-state index in [1.54, 1.807) is 0 Å². The molecular formula is C16H22N4O. The average molecular weight is 286 g/mol. The Morgan fingerprint density at radius 1 is 1.24 bits per heavy atom. The molecule has 1 unspecified atom stereocenters. The van der Waals surface area contributed by atoms with Crippen LogP contribution in [0.3, 0.4) is 0 Å². The highest BCUT2D eigenvalue weighted by Crippen LogP contribution is 2.35. The van der Waals surface area contributed by atoms with Crippen molar-refractivity contribution in [3.8, 4) is 11.4 Å². The van der Waals surface area contributed by atoms with Crippen molar-refractivity contribution in [2.24, 2.45) is 0 Å². The molecule has 1 atom stereocenters. The van der Waals surface area contributed by atoms with Gasteiger partial charge in [-0.2, -0.15) is 4.98 Å². The molecule has 1 fully saturated rings. The zero-order valence-electron chi connectivity index (χ0n) is 12.9. The summed E-state index contributed by atoms with van der Waals surface area (Å²) in [5, 5.41) is 7.75. The van der Waals surface area contributed by atoms with Gasteiger partial charge in [0.05, 0.1) is 5.54 Å². The number of nitrogens with zero attached hydrogens (tertiary/aromatic N) is 3. The number of pyridine rings is 1. The Balaban J connectivity index is 1.95. The van der Waals surface area contributed by atoms with Gasteiger partial charge in [-0.3, -0.25) is 4.98 Å². The second-order valence-corrected chi connectivity index (χ2v) is 5.92. The lowest BCUT2D eigenvalue weighted by atomic mass is 9.92. The molecule has 1 N–H and O–H groups in total. The second-order valence-electron chi connectivity index (χ2n) is 5.92. The van der Waals surface area contributed by atoms with Gasteiger partial charge in [0.1, 0.15) is 0 Å². The van der Waals surface area contributed by atoms with Gasteiger partial charge < -0.3 is 9.84 Å². The third-order valence-electron chi connectivity index (χ3n) is 4.10. The minimum absolute atomic E-state index is 0.128. The Bertz CT molecular complexity index is 609. The van der Waals surface area contributed by atoms with Gasteiger partial charge in [-0.25, -0.2) is 0 Å². The highest BCUT2D eigenvalue weighted by Gasteiger charge is 2.39. The topological polar surface area (TPSA) is 63.8 Å². The first-order valence-electron chi connectivity index (χ1n) is 7.68. The van der Waals surface area contributed by atoms with Gasteiger partial charge in [0.15, 0.2) is 0 Å². The summed E-state index contributed by atoms with van der Waals surface area (Å²) in [5.41, 5.74) is 2.79. The molecular weight excluding hydrogens is 264 g/mol. The summed E-state index contributed by atoms with van der Waals surface area (Å²) in [4.78, 5) is 9.06. The van der Waals surface area contributed by atoms with Crippen molar-refractivity contribution in [2.75, 3.05) is 6.54 Å². The molecule has 0 bridgehead atoms. The minimum Gasteiger partial charge on any atom is -0.337 e. The molecule has 5 nitrogen and oxygen atoms in total. The molecule has 3 rings (SSSR count). The van der Waals surface area contributed by atoms with Crippen LogP contribution in [0.15, 0.2) is 16.7 Å². The van der Waals surface area contributed by atoms with Crippen molar-refractivity contribution in [1.29, 1.82) is 0 Å². The summed E-state index contributed by atoms with van der Waals surface area (Å²) in [6.07, 6.45) is 4.35. The molecule has 1 aliphatic heterocycles. The van der Waals surface area contributed by atoms with E-state index in [-0.39, 0.29) is 5.54 Å². The van der Waals surface area contributed by atoms with E-state index in [0.29, 0.717) is 5.82 Å². The predicted octanol–water partition coefficient (Wildman–Crippen LogP) is 3.13. The molecule has 2 aromatic heterocycles. The molecule has 0 saturated carbocycles. The zero-order valence-corrected chi connectivity index (χ0v) is 12.9. The molecule has 1 saturated heterocycles. The van der Waals surface area contributed by atoms with Gasteiger partial charge in [-0.1, -0.05) is 18.5 Å². The van der Waals surface area contributed by atoms with Crippen molar-refractivity contribution in [1.82, 2.24) is 20.4 Å². The van der Waals surface area contributed by atoms with E-state index in [2.05, 4.69) is 27.4 Å². The first kappa shape index (κ1) is 14.2. The van der Waals surface area contributed by atoms with E-state index < -0.39 is 0 Å². The number of aryl methyl sites for hydroxylation is 2. The molecule has 5 heteroatoms. The second kappa shape index (κ2) is 5.56. The van der Waals surface area contributed by atoms with E-state index in [4.69, 9.17) is 4.52 Å². The van der Waals surface area contributed by atoms with Crippen molar-refractivity contribution < 1.29 is 4.52 Å². The Kier molecular flexibility index (Phi) is 3.76. The van der Waals surface area contributed by atoms with Crippen LogP contribution in [-0.4, -0.2) is 21.7 Å². The van der Waals surface area contributed by atoms with E-state index in [9.17, 15) is 0 Å². The lowest BCUT2D eigenvalue weighted by Crippen LogP contribution is -2.36. The van der Waals surface area contributed by atoms with Crippen LogP contribution in [-0.2, 0) is 5.54 Å². The summed E-state index contributed by atoms with van der Waals surface area (Å²) in [5.74, 6) is 1.38. The molecule has 0 aromatic carbocycles. The van der Waals surface area contributed by atoms with Gasteiger partial charge in [0.2, 0.25) is 11.7 Å². The number of aromatic nitrogens is 3. The molecule has 0 spiro atoms. The fourth-order valence-corrected chi connectivity index (χ4v) is 3.23. The normalized spacial score (nSPS) is 21.9. The minimum atomic E-state index is -0.128. The summed E-state index contributed by atoms with van der Waals surface area (Å²) >= 11 is 0. The van der Waals surface area contributed by atoms with E-state index in [1.807, 2.05) is 26.0 Å². The monoisotopic (exact) mass is 286 g/mol. The summed E-state index contributed by atoms with van der Waals surface area (Å²) in [6.45, 7) is 7.17. The standard InChI is InChI=1S/C16H22N4O/c1-4-6-16(7-5-8-17-16)15-19-14(20-21-15)13-9-11(2)18-12(3)10-13/h9-10,17H,4-8H2,1-3H3. The first-order chi connectivity index (χ1) is 10.1. The molecule has 112 valence electrons. The molecule has 2 aromatic rings. The maximum Gasteiger partial charge on any atom is 0.247 e. The summed E-state index contributed by atoms with van der Waals surface area (Å²) < 4.78 is 5.59. The summed E-state index contributed by atoms with van der Waals surface area (Å²) in [7, 11) is 0. The molecule has 1 aliphatic rings. The lowest BCUT2D eigenvalue weighted by Gasteiger charge is -2.24. The highest BCUT2D eigenvalue weighted by molar-refractivity contribution is 5.55. The average Bonchev–Trinajstić information content (AvgIpc) is 3.07. The van der Waals surface area contributed by atoms with Gasteiger partial charge in [0.25, 0.3) is 0 Å². The first-order valence-corrected chi connectivity index (χ1v) is 7.68. The van der Waals surface area contributed by atoms with E-state index in [0.717, 1.165) is 55.1 Å². The van der Waals surface area contributed by atoms with Crippen LogP contribution in [0.25, 0.3) is 11.4 Å². The predicted molar refractivity (Wildman–Crippen MR) is 80.8 cm³/mol. The zero-order chi connectivity index (χ0) is 14.9. The Morgan fingerprint density at radius 2 is 2.00 bits per heavy atom. The molecule has 21 heavy (non-hydrogen) atoms. The van der Waals surface area contributed by atoms with Crippen LogP contribution in [0, 0.1) is 13.8 Å². The third-order valence-corrected chi connectivity index (χ3v) is 4.10. The Morgan fingerprint density at radius 3 is 2.62 bits per heavy atom. The van der Waals surface area contributed by atoms with Crippen LogP contribution in [0.1, 0.15) is 49.9 Å². The van der Waals surface area contributed by atoms with Crippen LogP contribution >= 0.6 is 0 Å². The van der Waals surface area contributed by atoms with Crippen molar-refractivity contribution >= 4 is 0 Å². The number of hydrogen-bond donors (Lipinski definition) is 1. The van der Waals surface area contributed by atoms with Gasteiger partial charge in [-0.15, -0.1) is 0 Å². The van der Waals surface area contributed by atoms with Gasteiger partial charge in [0, 0.05) is 17.0 Å². The maximum atomic E-state index is 5.59.